The van der Waals surface area contributed by atoms with Crippen molar-refractivity contribution in [2.75, 3.05) is 13.7 Å². The molecular weight excluding hydrogens is 274 g/mol. The minimum Gasteiger partial charge on any atom is -0.384 e. The molecule has 0 aliphatic heterocycles. The number of ketones is 1. The van der Waals surface area contributed by atoms with Crippen LogP contribution in [0.1, 0.15) is 52.9 Å². The lowest BCUT2D eigenvalue weighted by Crippen LogP contribution is -2.55. The largest absolute Gasteiger partial charge is 0.384 e. The van der Waals surface area contributed by atoms with Crippen LogP contribution in [0, 0.1) is 40.9 Å². The molecule has 22 heavy (non-hydrogen) atoms. The number of hydrogen-bond acceptors (Lipinski definition) is 3. The van der Waals surface area contributed by atoms with Crippen molar-refractivity contribution in [3.05, 3.63) is 0 Å². The van der Waals surface area contributed by atoms with Crippen LogP contribution in [0.4, 0.5) is 0 Å². The van der Waals surface area contributed by atoms with Crippen LogP contribution < -0.4 is 5.73 Å². The van der Waals surface area contributed by atoms with Crippen molar-refractivity contribution in [2.24, 2.45) is 46.7 Å². The van der Waals surface area contributed by atoms with E-state index in [2.05, 4.69) is 13.8 Å². The van der Waals surface area contributed by atoms with Crippen molar-refractivity contribution >= 4 is 5.78 Å². The van der Waals surface area contributed by atoms with Gasteiger partial charge in [0.25, 0.3) is 0 Å². The molecule has 0 heterocycles. The van der Waals surface area contributed by atoms with Crippen LogP contribution in [0.25, 0.3) is 0 Å². The summed E-state index contributed by atoms with van der Waals surface area (Å²) in [6.07, 6.45) is 5.89. The number of rotatable bonds is 3. The van der Waals surface area contributed by atoms with Gasteiger partial charge in [-0.2, -0.15) is 0 Å². The Kier molecular flexibility index (Phi) is 4.41. The molecule has 3 heteroatoms. The topological polar surface area (TPSA) is 52.3 Å². The van der Waals surface area contributed by atoms with Gasteiger partial charge in [0.2, 0.25) is 0 Å². The summed E-state index contributed by atoms with van der Waals surface area (Å²) in [5, 5.41) is 0. The Morgan fingerprint density at radius 2 is 2.05 bits per heavy atom. The summed E-state index contributed by atoms with van der Waals surface area (Å²) in [5.41, 5.74) is 6.71. The van der Waals surface area contributed by atoms with E-state index in [1.165, 1.54) is 19.3 Å². The molecule has 3 aliphatic carbocycles. The van der Waals surface area contributed by atoms with Crippen LogP contribution in [-0.2, 0) is 9.53 Å². The van der Waals surface area contributed by atoms with Gasteiger partial charge in [0, 0.05) is 25.0 Å². The third-order valence-electron chi connectivity index (χ3n) is 7.64. The smallest absolute Gasteiger partial charge is 0.133 e. The molecule has 5 unspecified atom stereocenters. The van der Waals surface area contributed by atoms with Crippen molar-refractivity contribution in [3.8, 4) is 0 Å². The van der Waals surface area contributed by atoms with Crippen LogP contribution in [0.15, 0.2) is 0 Å². The van der Waals surface area contributed by atoms with Gasteiger partial charge >= 0.3 is 0 Å². The number of methoxy groups -OCH3 is 1. The second-order valence-corrected chi connectivity index (χ2v) is 8.63. The molecule has 0 aromatic carbocycles. The fourth-order valence-electron chi connectivity index (χ4n) is 6.73. The summed E-state index contributed by atoms with van der Waals surface area (Å²) in [5.74, 6) is 4.04. The fourth-order valence-corrected chi connectivity index (χ4v) is 6.73. The monoisotopic (exact) mass is 307 g/mol. The van der Waals surface area contributed by atoms with E-state index in [9.17, 15) is 4.79 Å². The Morgan fingerprint density at radius 1 is 1.32 bits per heavy atom. The molecule has 0 aromatic heterocycles. The van der Waals surface area contributed by atoms with Crippen molar-refractivity contribution < 1.29 is 9.53 Å². The highest BCUT2D eigenvalue weighted by atomic mass is 16.5. The van der Waals surface area contributed by atoms with Gasteiger partial charge < -0.3 is 10.5 Å². The van der Waals surface area contributed by atoms with Crippen LogP contribution in [0.3, 0.4) is 0 Å². The maximum Gasteiger partial charge on any atom is 0.133 e. The third-order valence-corrected chi connectivity index (χ3v) is 7.64. The zero-order valence-electron chi connectivity index (χ0n) is 14.7. The van der Waals surface area contributed by atoms with Gasteiger partial charge in [-0.1, -0.05) is 13.8 Å². The molecule has 3 aliphatic rings. The molecule has 3 fully saturated rings. The molecule has 8 atom stereocenters. The van der Waals surface area contributed by atoms with Crippen LogP contribution in [0.5, 0.6) is 0 Å². The number of carbonyl (C=O) groups is 1. The van der Waals surface area contributed by atoms with E-state index in [1.807, 2.05) is 0 Å². The molecular formula is C19H33NO2. The number of hydrogen-bond donors (Lipinski definition) is 1. The van der Waals surface area contributed by atoms with Gasteiger partial charge in [-0.3, -0.25) is 4.79 Å². The first-order valence-corrected chi connectivity index (χ1v) is 9.15. The standard InChI is InChI=1S/C19H33NO2/c1-11-9-17(20)14(10-22-4)13-7-8-19(3)15(12(2)21)5-6-16(19)18(11)13/h11,13-18H,5-10,20H2,1-4H3/t11-,13?,14?,15+,16?,17?,18?,19+/m0/s1. The molecule has 0 radical (unpaired) electrons. The second-order valence-electron chi connectivity index (χ2n) is 8.63. The first-order chi connectivity index (χ1) is 10.4. The number of fused-ring (bicyclic) bond motifs is 3. The number of ether oxygens (including phenoxy) is 1. The third kappa shape index (κ3) is 2.36. The molecule has 3 nitrogen and oxygen atoms in total. The fraction of sp³-hybridized carbons (Fsp3) is 0.947. The lowest BCUT2D eigenvalue weighted by molar-refractivity contribution is -0.129. The van der Waals surface area contributed by atoms with Crippen LogP contribution in [-0.4, -0.2) is 25.5 Å². The van der Waals surface area contributed by atoms with Crippen molar-refractivity contribution in [1.82, 2.24) is 0 Å². The number of carbonyl (C=O) groups excluding carboxylic acids is 1. The Morgan fingerprint density at radius 3 is 2.68 bits per heavy atom. The second kappa shape index (κ2) is 5.90. The molecule has 3 rings (SSSR count). The van der Waals surface area contributed by atoms with Crippen LogP contribution >= 0.6 is 0 Å². The Balaban J connectivity index is 1.89. The van der Waals surface area contributed by atoms with Gasteiger partial charge in [0.15, 0.2) is 0 Å². The summed E-state index contributed by atoms with van der Waals surface area (Å²) in [6.45, 7) is 7.40. The number of nitrogens with two attached hydrogens (primary N) is 1. The highest BCUT2D eigenvalue weighted by Gasteiger charge is 2.58. The Hall–Kier alpha value is -0.410. The number of Topliss-reactive ketones (excluding diaryl/α,β-unsaturated/α-hetero) is 1. The Bertz CT molecular complexity index is 437. The summed E-state index contributed by atoms with van der Waals surface area (Å²) in [7, 11) is 1.80. The first-order valence-electron chi connectivity index (χ1n) is 9.15. The lowest BCUT2D eigenvalue weighted by Gasteiger charge is -2.56. The van der Waals surface area contributed by atoms with Gasteiger partial charge in [-0.05, 0) is 68.1 Å². The zero-order valence-corrected chi connectivity index (χ0v) is 14.7. The quantitative estimate of drug-likeness (QED) is 0.870. The van der Waals surface area contributed by atoms with Crippen molar-refractivity contribution in [3.63, 3.8) is 0 Å². The van der Waals surface area contributed by atoms with E-state index in [-0.39, 0.29) is 11.5 Å². The van der Waals surface area contributed by atoms with E-state index < -0.39 is 0 Å². The first kappa shape index (κ1) is 16.4. The SMILES string of the molecule is COCC1C(N)C[C@H](C)C2C1CC[C@@]1(C)C2CC[C@@H]1C(C)=O. The van der Waals surface area contributed by atoms with E-state index in [4.69, 9.17) is 10.5 Å². The molecule has 2 N–H and O–H groups in total. The molecule has 0 bridgehead atoms. The minimum atomic E-state index is 0.236. The molecule has 0 aromatic rings. The average Bonchev–Trinajstić information content (AvgIpc) is 2.80. The van der Waals surface area contributed by atoms with Gasteiger partial charge in [-0.25, -0.2) is 0 Å². The predicted molar refractivity (Wildman–Crippen MR) is 88.3 cm³/mol. The molecule has 0 spiro atoms. The zero-order chi connectivity index (χ0) is 16.1. The van der Waals surface area contributed by atoms with Crippen LogP contribution in [0.2, 0.25) is 0 Å². The lowest BCUT2D eigenvalue weighted by atomic mass is 9.50. The van der Waals surface area contributed by atoms with E-state index in [0.29, 0.717) is 35.4 Å². The summed E-state index contributed by atoms with van der Waals surface area (Å²) in [4.78, 5) is 12.1. The summed E-state index contributed by atoms with van der Waals surface area (Å²) < 4.78 is 5.50. The van der Waals surface area contributed by atoms with E-state index in [0.717, 1.165) is 25.4 Å². The maximum atomic E-state index is 12.1. The summed E-state index contributed by atoms with van der Waals surface area (Å²) in [6, 6.07) is 0.283. The highest BCUT2D eigenvalue weighted by molar-refractivity contribution is 5.79. The maximum absolute atomic E-state index is 12.1. The normalized spacial score (nSPS) is 51.2. The average molecular weight is 307 g/mol. The van der Waals surface area contributed by atoms with E-state index in [1.54, 1.807) is 14.0 Å². The molecule has 0 amide bonds. The van der Waals surface area contributed by atoms with E-state index >= 15 is 0 Å². The summed E-state index contributed by atoms with van der Waals surface area (Å²) >= 11 is 0. The highest BCUT2D eigenvalue weighted by Crippen LogP contribution is 2.63. The molecule has 0 saturated heterocycles. The van der Waals surface area contributed by atoms with Crippen molar-refractivity contribution in [2.45, 2.75) is 58.9 Å². The Labute approximate surface area is 135 Å². The predicted octanol–water partition coefficient (Wildman–Crippen LogP) is 3.26. The molecule has 3 saturated carbocycles. The van der Waals surface area contributed by atoms with Gasteiger partial charge in [-0.15, -0.1) is 0 Å². The minimum absolute atomic E-state index is 0.236. The van der Waals surface area contributed by atoms with Gasteiger partial charge in [0.05, 0.1) is 6.61 Å². The van der Waals surface area contributed by atoms with Crippen molar-refractivity contribution in [1.29, 1.82) is 0 Å². The molecule has 126 valence electrons. The van der Waals surface area contributed by atoms with Gasteiger partial charge in [0.1, 0.15) is 5.78 Å².